The Hall–Kier alpha value is -0.730. The first-order valence-electron chi connectivity index (χ1n) is 6.23. The molecular formula is C14H22ClNO. The summed E-state index contributed by atoms with van der Waals surface area (Å²) in [6.45, 7) is 4.31. The number of ether oxygens (including phenoxy) is 1. The second kappa shape index (κ2) is 6.87. The summed E-state index contributed by atoms with van der Waals surface area (Å²) in [7, 11) is 1.77. The molecule has 1 aromatic rings. The van der Waals surface area contributed by atoms with Gasteiger partial charge in [0, 0.05) is 6.54 Å². The highest BCUT2D eigenvalue weighted by Gasteiger charge is 2.21. The van der Waals surface area contributed by atoms with Crippen molar-refractivity contribution >= 4 is 12.4 Å². The molecule has 1 aliphatic rings. The van der Waals surface area contributed by atoms with Crippen LogP contribution in [0.15, 0.2) is 18.2 Å². The average molecular weight is 256 g/mol. The Kier molecular flexibility index (Phi) is 5.79. The minimum absolute atomic E-state index is 0. The van der Waals surface area contributed by atoms with Gasteiger partial charge in [-0.3, -0.25) is 0 Å². The maximum atomic E-state index is 5.44. The van der Waals surface area contributed by atoms with E-state index in [1.165, 1.54) is 30.4 Å². The van der Waals surface area contributed by atoms with Crippen molar-refractivity contribution in [3.63, 3.8) is 0 Å². The molecule has 0 aromatic heterocycles. The van der Waals surface area contributed by atoms with Gasteiger partial charge in [0.05, 0.1) is 7.11 Å². The Morgan fingerprint density at radius 1 is 1.41 bits per heavy atom. The number of benzene rings is 1. The molecule has 0 radical (unpaired) electrons. The highest BCUT2D eigenvalue weighted by molar-refractivity contribution is 5.85. The molecule has 1 unspecified atom stereocenters. The Labute approximate surface area is 110 Å². The molecule has 0 aliphatic heterocycles. The van der Waals surface area contributed by atoms with Crippen molar-refractivity contribution in [1.29, 1.82) is 0 Å². The summed E-state index contributed by atoms with van der Waals surface area (Å²) in [6.07, 6.45) is 3.75. The van der Waals surface area contributed by atoms with Gasteiger partial charge in [-0.05, 0) is 48.9 Å². The predicted octanol–water partition coefficient (Wildman–Crippen LogP) is 3.15. The molecule has 0 saturated carbocycles. The van der Waals surface area contributed by atoms with E-state index in [-0.39, 0.29) is 12.4 Å². The molecule has 0 fully saturated rings. The van der Waals surface area contributed by atoms with E-state index in [9.17, 15) is 0 Å². The van der Waals surface area contributed by atoms with Gasteiger partial charge in [-0.1, -0.05) is 19.1 Å². The highest BCUT2D eigenvalue weighted by Crippen LogP contribution is 2.36. The number of fused-ring (bicyclic) bond motifs is 1. The van der Waals surface area contributed by atoms with E-state index in [1.807, 2.05) is 0 Å². The molecule has 2 rings (SSSR count). The van der Waals surface area contributed by atoms with E-state index < -0.39 is 0 Å². The van der Waals surface area contributed by atoms with E-state index in [0.29, 0.717) is 5.92 Å². The lowest BCUT2D eigenvalue weighted by Crippen LogP contribution is -2.24. The van der Waals surface area contributed by atoms with Crippen LogP contribution in [0.25, 0.3) is 0 Å². The van der Waals surface area contributed by atoms with E-state index in [0.717, 1.165) is 18.8 Å². The van der Waals surface area contributed by atoms with Gasteiger partial charge in [-0.15, -0.1) is 12.4 Å². The number of rotatable bonds is 4. The Balaban J connectivity index is 0.00000144. The monoisotopic (exact) mass is 255 g/mol. The van der Waals surface area contributed by atoms with Crippen molar-refractivity contribution in [2.45, 2.75) is 32.1 Å². The maximum Gasteiger partial charge on any atom is 0.122 e. The SMILES string of the molecule is CCNCC1CCCc2c(OC)cccc21.Cl. The molecule has 0 amide bonds. The Bertz CT molecular complexity index is 354. The molecular weight excluding hydrogens is 234 g/mol. The van der Waals surface area contributed by atoms with Gasteiger partial charge in [0.2, 0.25) is 0 Å². The van der Waals surface area contributed by atoms with Gasteiger partial charge >= 0.3 is 0 Å². The van der Waals surface area contributed by atoms with Crippen molar-refractivity contribution in [1.82, 2.24) is 5.32 Å². The molecule has 2 nitrogen and oxygen atoms in total. The van der Waals surface area contributed by atoms with Crippen LogP contribution in [0.4, 0.5) is 0 Å². The van der Waals surface area contributed by atoms with Gasteiger partial charge < -0.3 is 10.1 Å². The van der Waals surface area contributed by atoms with Crippen molar-refractivity contribution in [2.75, 3.05) is 20.2 Å². The number of likely N-dealkylation sites (N-methyl/N-ethyl adjacent to an activating group) is 1. The largest absolute Gasteiger partial charge is 0.496 e. The highest BCUT2D eigenvalue weighted by atomic mass is 35.5. The van der Waals surface area contributed by atoms with Crippen molar-refractivity contribution in [3.05, 3.63) is 29.3 Å². The number of hydrogen-bond acceptors (Lipinski definition) is 2. The fraction of sp³-hybridized carbons (Fsp3) is 0.571. The number of methoxy groups -OCH3 is 1. The lowest BCUT2D eigenvalue weighted by atomic mass is 9.82. The summed E-state index contributed by atoms with van der Waals surface area (Å²) in [5.74, 6) is 1.73. The molecule has 0 spiro atoms. The van der Waals surface area contributed by atoms with Gasteiger partial charge in [0.1, 0.15) is 5.75 Å². The molecule has 3 heteroatoms. The van der Waals surface area contributed by atoms with Gasteiger partial charge in [0.15, 0.2) is 0 Å². The Morgan fingerprint density at radius 3 is 2.94 bits per heavy atom. The number of nitrogens with one attached hydrogen (secondary N) is 1. The van der Waals surface area contributed by atoms with E-state index >= 15 is 0 Å². The molecule has 1 atom stereocenters. The summed E-state index contributed by atoms with van der Waals surface area (Å²) < 4.78 is 5.44. The zero-order valence-electron chi connectivity index (χ0n) is 10.7. The van der Waals surface area contributed by atoms with Gasteiger partial charge in [-0.2, -0.15) is 0 Å². The maximum absolute atomic E-state index is 5.44. The lowest BCUT2D eigenvalue weighted by molar-refractivity contribution is 0.401. The summed E-state index contributed by atoms with van der Waals surface area (Å²) in [5.41, 5.74) is 2.92. The number of hydrogen-bond donors (Lipinski definition) is 1. The van der Waals surface area contributed by atoms with Crippen LogP contribution >= 0.6 is 12.4 Å². The molecule has 17 heavy (non-hydrogen) atoms. The molecule has 0 saturated heterocycles. The van der Waals surface area contributed by atoms with Crippen LogP contribution in [0.3, 0.4) is 0 Å². The van der Waals surface area contributed by atoms with E-state index in [4.69, 9.17) is 4.74 Å². The van der Waals surface area contributed by atoms with Crippen LogP contribution in [-0.2, 0) is 6.42 Å². The smallest absolute Gasteiger partial charge is 0.122 e. The molecule has 1 aromatic carbocycles. The quantitative estimate of drug-likeness (QED) is 0.893. The van der Waals surface area contributed by atoms with Crippen molar-refractivity contribution < 1.29 is 4.74 Å². The van der Waals surface area contributed by atoms with E-state index in [2.05, 4.69) is 30.4 Å². The van der Waals surface area contributed by atoms with Crippen LogP contribution in [0.1, 0.15) is 36.8 Å². The van der Waals surface area contributed by atoms with Crippen LogP contribution < -0.4 is 10.1 Å². The van der Waals surface area contributed by atoms with Crippen LogP contribution in [0, 0.1) is 0 Å². The summed E-state index contributed by atoms with van der Waals surface area (Å²) in [6, 6.07) is 6.45. The van der Waals surface area contributed by atoms with Crippen LogP contribution in [0.2, 0.25) is 0 Å². The second-order valence-corrected chi connectivity index (χ2v) is 4.42. The first kappa shape index (κ1) is 14.3. The molecule has 1 N–H and O–H groups in total. The summed E-state index contributed by atoms with van der Waals surface area (Å²) in [4.78, 5) is 0. The topological polar surface area (TPSA) is 21.3 Å². The van der Waals surface area contributed by atoms with Gasteiger partial charge in [0.25, 0.3) is 0 Å². The number of halogens is 1. The first-order valence-corrected chi connectivity index (χ1v) is 6.23. The predicted molar refractivity (Wildman–Crippen MR) is 74.5 cm³/mol. The minimum atomic E-state index is 0. The zero-order chi connectivity index (χ0) is 11.4. The zero-order valence-corrected chi connectivity index (χ0v) is 11.5. The Morgan fingerprint density at radius 2 is 2.24 bits per heavy atom. The van der Waals surface area contributed by atoms with Crippen molar-refractivity contribution in [2.24, 2.45) is 0 Å². The van der Waals surface area contributed by atoms with Crippen LogP contribution in [-0.4, -0.2) is 20.2 Å². The fourth-order valence-electron chi connectivity index (χ4n) is 2.64. The fourth-order valence-corrected chi connectivity index (χ4v) is 2.64. The third-order valence-electron chi connectivity index (χ3n) is 3.45. The third-order valence-corrected chi connectivity index (χ3v) is 3.45. The second-order valence-electron chi connectivity index (χ2n) is 4.42. The first-order chi connectivity index (χ1) is 7.86. The normalized spacial score (nSPS) is 18.1. The molecule has 0 bridgehead atoms. The van der Waals surface area contributed by atoms with Gasteiger partial charge in [-0.25, -0.2) is 0 Å². The third kappa shape index (κ3) is 3.14. The lowest BCUT2D eigenvalue weighted by Gasteiger charge is -2.27. The minimum Gasteiger partial charge on any atom is -0.496 e. The summed E-state index contributed by atoms with van der Waals surface area (Å²) in [5, 5.41) is 3.46. The molecule has 1 aliphatic carbocycles. The standard InChI is InChI=1S/C14H21NO.ClH/c1-3-15-10-11-6-4-8-13-12(11)7-5-9-14(13)16-2;/h5,7,9,11,15H,3-4,6,8,10H2,1-2H3;1H. The van der Waals surface area contributed by atoms with Crippen LogP contribution in [0.5, 0.6) is 5.75 Å². The van der Waals surface area contributed by atoms with Crippen molar-refractivity contribution in [3.8, 4) is 5.75 Å². The summed E-state index contributed by atoms with van der Waals surface area (Å²) >= 11 is 0. The molecule has 0 heterocycles. The molecule has 96 valence electrons. The average Bonchev–Trinajstić information content (AvgIpc) is 2.35. The van der Waals surface area contributed by atoms with E-state index in [1.54, 1.807) is 7.11 Å².